The summed E-state index contributed by atoms with van der Waals surface area (Å²) in [6.45, 7) is 22.6. The molecule has 240 valence electrons. The van der Waals surface area contributed by atoms with Crippen molar-refractivity contribution in [3.8, 4) is 0 Å². The van der Waals surface area contributed by atoms with E-state index >= 15 is 0 Å². The summed E-state index contributed by atoms with van der Waals surface area (Å²) >= 11 is 0. The highest BCUT2D eigenvalue weighted by molar-refractivity contribution is 6.06. The van der Waals surface area contributed by atoms with Crippen molar-refractivity contribution in [2.45, 2.75) is 98.8 Å². The summed E-state index contributed by atoms with van der Waals surface area (Å²) in [4.78, 5) is 45.7. The molecule has 0 amide bonds. The van der Waals surface area contributed by atoms with Crippen LogP contribution >= 0.6 is 0 Å². The van der Waals surface area contributed by atoms with Gasteiger partial charge in [0.25, 0.3) is 0 Å². The van der Waals surface area contributed by atoms with Crippen molar-refractivity contribution < 1.29 is 47.3 Å². The molecule has 3 saturated carbocycles. The van der Waals surface area contributed by atoms with Crippen LogP contribution in [0.3, 0.4) is 0 Å². The number of esters is 1. The predicted molar refractivity (Wildman–Crippen MR) is 171 cm³/mol. The van der Waals surface area contributed by atoms with Crippen LogP contribution in [0.2, 0.25) is 0 Å². The van der Waals surface area contributed by atoms with Crippen LogP contribution in [0.5, 0.6) is 0 Å². The third-order valence-corrected chi connectivity index (χ3v) is 13.1. The number of carbonyl (C=O) groups excluding carboxylic acids is 3. The number of Topliss-reactive ketones (excluding diaryl/α,β-unsaturated/α-hetero) is 1. The summed E-state index contributed by atoms with van der Waals surface area (Å²) in [5, 5.41) is 8.32. The number of ketones is 2. The summed E-state index contributed by atoms with van der Waals surface area (Å²) in [6, 6.07) is 0. The molecule has 5 aliphatic rings. The van der Waals surface area contributed by atoms with Crippen molar-refractivity contribution in [3.63, 3.8) is 0 Å². The number of hydrogen-bond donors (Lipinski definition) is 0. The monoisotopic (exact) mass is 622 g/mol. The number of carbonyl (C=O) groups is 3. The second kappa shape index (κ2) is 8.74. The Bertz CT molecular complexity index is 1560. The summed E-state index contributed by atoms with van der Waals surface area (Å²) < 4.78 is 91.3. The maximum absolute atomic E-state index is 14.6. The van der Waals surface area contributed by atoms with Crippen LogP contribution in [0, 0.1) is 58.3 Å². The second-order valence-electron chi connectivity index (χ2n) is 15.5. The number of allylic oxidation sites excluding steroid dienone is 4. The molecule has 0 spiro atoms. The molecule has 8 heteroatoms. The zero-order valence-corrected chi connectivity index (χ0v) is 26.2. The molecular formula is C34H59N3O5. The van der Waals surface area contributed by atoms with E-state index in [0.717, 1.165) is 37.7 Å². The predicted octanol–water partition coefficient (Wildman–Crippen LogP) is 8.32. The van der Waals surface area contributed by atoms with Gasteiger partial charge in [-0.3, -0.25) is 9.59 Å². The first-order valence-electron chi connectivity index (χ1n) is 23.3. The summed E-state index contributed by atoms with van der Waals surface area (Å²) in [5.74, 6) is -0.481. The van der Waals surface area contributed by atoms with Gasteiger partial charge >= 0.3 is 5.97 Å². The SMILES string of the molecule is [3H][3H].[3H][3H].[3H][3H].[3H][3H].[3H][3H].[3H][3H].[3H][3H].[3H][3H].[C-]#[N+]C1=C[C@]2(C)C3=CC(=O)[C@@H]4[C@@H]5CC(C)(C)CC[C@]5(C(=O)OC)CC[C@@]4(C)[C@]3(C)CC[C@H]2[C@](C)(c2nnc(C)o2)C1=O. The molecule has 0 radical (unpaired) electrons. The lowest BCUT2D eigenvalue weighted by Crippen LogP contribution is -2.66. The third kappa shape index (κ3) is 3.37. The molecule has 0 bridgehead atoms. The van der Waals surface area contributed by atoms with Crippen LogP contribution in [0.15, 0.2) is 27.8 Å². The van der Waals surface area contributed by atoms with E-state index in [-0.39, 0.29) is 57.7 Å². The Hall–Kier alpha value is -3.08. The minimum atomic E-state index is -1.19. The quantitative estimate of drug-likeness (QED) is 0.242. The van der Waals surface area contributed by atoms with Gasteiger partial charge in [-0.05, 0) is 86.0 Å². The van der Waals surface area contributed by atoms with Crippen LogP contribution < -0.4 is 0 Å². The van der Waals surface area contributed by atoms with Crippen LogP contribution in [-0.2, 0) is 24.5 Å². The Morgan fingerprint density at radius 2 is 1.79 bits per heavy atom. The molecule has 0 saturated heterocycles. The largest absolute Gasteiger partial charge is 0.469 e. The topological polar surface area (TPSA) is 104 Å². The molecule has 1 aromatic heterocycles. The Kier molecular flexibility index (Phi) is 4.32. The molecule has 8 atom stereocenters. The minimum absolute atomic E-state index is 0.0241. The summed E-state index contributed by atoms with van der Waals surface area (Å²) in [7, 11) is 1.47. The molecule has 0 aromatic carbocycles. The molecule has 6 rings (SSSR count). The Morgan fingerprint density at radius 1 is 1.10 bits per heavy atom. The first-order chi connectivity index (χ1) is 27.5. The molecule has 5 aliphatic carbocycles. The molecule has 3 fully saturated rings. The summed E-state index contributed by atoms with van der Waals surface area (Å²) in [5.41, 5.74) is -2.28. The molecular weight excluding hydrogens is 530 g/mol. The lowest BCUT2D eigenvalue weighted by atomic mass is 9.34. The average molecular weight is 622 g/mol. The van der Waals surface area contributed by atoms with Gasteiger partial charge in [0.05, 0.1) is 19.1 Å². The van der Waals surface area contributed by atoms with E-state index in [1.54, 1.807) is 6.92 Å². The Labute approximate surface area is 273 Å². The van der Waals surface area contributed by atoms with Crippen molar-refractivity contribution >= 4 is 17.5 Å². The molecule has 8 nitrogen and oxygen atoms in total. The van der Waals surface area contributed by atoms with E-state index in [9.17, 15) is 14.4 Å². The van der Waals surface area contributed by atoms with Crippen LogP contribution in [0.25, 0.3) is 4.85 Å². The molecule has 0 unspecified atom stereocenters. The van der Waals surface area contributed by atoms with E-state index in [2.05, 4.69) is 49.7 Å². The lowest BCUT2D eigenvalue weighted by molar-refractivity contribution is -0.190. The fourth-order valence-corrected chi connectivity index (χ4v) is 10.6. The third-order valence-electron chi connectivity index (χ3n) is 13.1. The van der Waals surface area contributed by atoms with E-state index < -0.39 is 21.7 Å². The Morgan fingerprint density at radius 3 is 2.40 bits per heavy atom. The average Bonchev–Trinajstić information content (AvgIpc) is 3.72. The maximum Gasteiger partial charge on any atom is 0.312 e. The number of rotatable bonds is 2. The van der Waals surface area contributed by atoms with Crippen molar-refractivity contribution in [1.82, 2.24) is 10.2 Å². The van der Waals surface area contributed by atoms with E-state index in [1.165, 1.54) is 7.11 Å². The highest BCUT2D eigenvalue weighted by Gasteiger charge is 2.72. The second-order valence-corrected chi connectivity index (χ2v) is 15.5. The molecule has 1 heterocycles. The molecule has 1 aromatic rings. The van der Waals surface area contributed by atoms with E-state index in [1.807, 2.05) is 19.1 Å². The summed E-state index contributed by atoms with van der Waals surface area (Å²) in [6.07, 6.45) is 9.06. The number of nitrogens with zero attached hydrogens (tertiary/aromatic N) is 3. The van der Waals surface area contributed by atoms with Gasteiger partial charge < -0.3 is 13.9 Å². The van der Waals surface area contributed by atoms with Gasteiger partial charge in [0.1, 0.15) is 5.41 Å². The fourth-order valence-electron chi connectivity index (χ4n) is 10.6. The zero-order valence-electron chi connectivity index (χ0n) is 42.2. The van der Waals surface area contributed by atoms with Crippen LogP contribution in [0.4, 0.5) is 0 Å². The molecule has 42 heavy (non-hydrogen) atoms. The Balaban J connectivity index is -0.00000169. The number of hydrogen-bond acceptors (Lipinski definition) is 7. The fraction of sp³-hybridized carbons (Fsp3) is 0.706. The number of methoxy groups -OCH3 is 1. The number of ether oxygens (including phenoxy) is 1. The van der Waals surface area contributed by atoms with Crippen molar-refractivity contribution in [2.24, 2.45) is 44.8 Å². The van der Waals surface area contributed by atoms with Crippen molar-refractivity contribution in [2.75, 3.05) is 7.11 Å². The smallest absolute Gasteiger partial charge is 0.312 e. The first-order valence-corrected chi connectivity index (χ1v) is 15.3. The zero-order chi connectivity index (χ0) is 46.7. The van der Waals surface area contributed by atoms with Gasteiger partial charge in [-0.2, -0.15) is 0 Å². The van der Waals surface area contributed by atoms with Gasteiger partial charge in [0, 0.05) is 42.0 Å². The van der Waals surface area contributed by atoms with Gasteiger partial charge in [0.15, 0.2) is 11.6 Å². The highest BCUT2D eigenvalue weighted by atomic mass is 16.5. The van der Waals surface area contributed by atoms with Gasteiger partial charge in [-0.1, -0.05) is 46.3 Å². The first kappa shape index (κ1) is 20.8. The van der Waals surface area contributed by atoms with E-state index in [4.69, 9.17) is 39.5 Å². The number of aryl methyl sites for hydroxylation is 1. The van der Waals surface area contributed by atoms with Crippen LogP contribution in [0.1, 0.15) is 122 Å². The normalized spacial score (nSPS) is 45.5. The maximum atomic E-state index is 14.6. The lowest BCUT2D eigenvalue weighted by Gasteiger charge is -2.68. The van der Waals surface area contributed by atoms with Crippen LogP contribution in [-0.4, -0.2) is 34.8 Å². The minimum Gasteiger partial charge on any atom is -0.469 e. The van der Waals surface area contributed by atoms with Gasteiger partial charge in [-0.15, -0.1) is 10.2 Å². The van der Waals surface area contributed by atoms with Gasteiger partial charge in [-0.25, -0.2) is 4.85 Å². The number of fused-ring (bicyclic) bond motifs is 7. The highest BCUT2D eigenvalue weighted by Crippen LogP contribution is 2.74. The van der Waals surface area contributed by atoms with E-state index in [0.29, 0.717) is 18.7 Å². The van der Waals surface area contributed by atoms with Gasteiger partial charge in [0.2, 0.25) is 17.5 Å². The molecule has 0 aliphatic heterocycles. The number of aromatic nitrogens is 2. The van der Waals surface area contributed by atoms with Crippen molar-refractivity contribution in [3.05, 3.63) is 46.6 Å². The van der Waals surface area contributed by atoms with Crippen molar-refractivity contribution in [1.29, 1.82) is 0 Å². The molecule has 0 N–H and O–H groups in total. The standard InChI is InChI=1S/C34H43N3O5.8H2/c1-19-36-37-27(42-19)33(7)23-10-11-31(5)24(30(23,4)18-21(35-8)26(33)39)16-22(38)25-20-17-29(2,3)12-14-34(20,28(40)41-9)15-13-32(25,31)6;;;;;;;;/h16,18,20,23,25H,10-15,17H2,1-7,9H3;8*1H/t20-,23+,25-,30-,31+,32+,33-,34-;;;;;;;;/m0......../s1/i;8*1+2T.